The topological polar surface area (TPSA) is 55.3 Å². The van der Waals surface area contributed by atoms with Gasteiger partial charge in [0.1, 0.15) is 11.9 Å². The van der Waals surface area contributed by atoms with Crippen molar-refractivity contribution in [1.82, 2.24) is 14.9 Å². The number of carbonyl (C=O) groups is 1. The van der Waals surface area contributed by atoms with Crippen molar-refractivity contribution in [2.75, 3.05) is 13.1 Å². The van der Waals surface area contributed by atoms with E-state index in [4.69, 9.17) is 4.74 Å². The van der Waals surface area contributed by atoms with Crippen molar-refractivity contribution in [2.45, 2.75) is 52.1 Å². The standard InChI is InChI=1S/C18H25N3O2/c1-13-12-17(20-14(2)19-13)23-16-8-10-21(11-9-16)18(22)15-6-4-3-5-7-15/h3-4,12,15-16H,5-11H2,1-2H3. The second-order valence-electron chi connectivity index (χ2n) is 6.52. The Balaban J connectivity index is 1.52. The Morgan fingerprint density at radius 1 is 1.17 bits per heavy atom. The molecule has 2 heterocycles. The van der Waals surface area contributed by atoms with E-state index in [0.29, 0.717) is 11.8 Å². The van der Waals surface area contributed by atoms with E-state index in [1.165, 1.54) is 0 Å². The molecule has 1 aliphatic carbocycles. The van der Waals surface area contributed by atoms with Crippen LogP contribution in [0.1, 0.15) is 43.6 Å². The fourth-order valence-electron chi connectivity index (χ4n) is 3.38. The molecule has 0 N–H and O–H groups in total. The molecule has 0 aromatic carbocycles. The monoisotopic (exact) mass is 315 g/mol. The Morgan fingerprint density at radius 3 is 2.61 bits per heavy atom. The molecule has 0 spiro atoms. The van der Waals surface area contributed by atoms with Crippen molar-refractivity contribution in [2.24, 2.45) is 5.92 Å². The Bertz CT molecular complexity index is 572. The van der Waals surface area contributed by atoms with Gasteiger partial charge >= 0.3 is 0 Å². The molecule has 1 aliphatic heterocycles. The van der Waals surface area contributed by atoms with Crippen LogP contribution in [0.2, 0.25) is 0 Å². The quantitative estimate of drug-likeness (QED) is 0.805. The summed E-state index contributed by atoms with van der Waals surface area (Å²) in [7, 11) is 0. The highest BCUT2D eigenvalue weighted by atomic mass is 16.5. The smallest absolute Gasteiger partial charge is 0.226 e. The van der Waals surface area contributed by atoms with Crippen LogP contribution >= 0.6 is 0 Å². The molecule has 124 valence electrons. The first-order valence-corrected chi connectivity index (χ1v) is 8.54. The molecular weight excluding hydrogens is 290 g/mol. The number of carbonyl (C=O) groups excluding carboxylic acids is 1. The van der Waals surface area contributed by atoms with Crippen molar-refractivity contribution in [3.05, 3.63) is 29.7 Å². The summed E-state index contributed by atoms with van der Waals surface area (Å²) in [6.45, 7) is 5.39. The predicted molar refractivity (Wildman–Crippen MR) is 88.2 cm³/mol. The maximum Gasteiger partial charge on any atom is 0.226 e. The SMILES string of the molecule is Cc1cc(OC2CCN(C(=O)C3CC=CCC3)CC2)nc(C)n1. The van der Waals surface area contributed by atoms with Crippen LogP contribution in [0.5, 0.6) is 5.88 Å². The lowest BCUT2D eigenvalue weighted by Gasteiger charge is -2.34. The Labute approximate surface area is 137 Å². The number of hydrogen-bond donors (Lipinski definition) is 0. The molecule has 0 radical (unpaired) electrons. The van der Waals surface area contributed by atoms with Crippen molar-refractivity contribution >= 4 is 5.91 Å². The lowest BCUT2D eigenvalue weighted by Crippen LogP contribution is -2.44. The van der Waals surface area contributed by atoms with Gasteiger partial charge in [0.05, 0.1) is 0 Å². The zero-order valence-electron chi connectivity index (χ0n) is 14.0. The summed E-state index contributed by atoms with van der Waals surface area (Å²) < 4.78 is 5.99. The maximum absolute atomic E-state index is 12.5. The van der Waals surface area contributed by atoms with Crippen LogP contribution in [0.3, 0.4) is 0 Å². The predicted octanol–water partition coefficient (Wildman–Crippen LogP) is 2.82. The second-order valence-corrected chi connectivity index (χ2v) is 6.52. The van der Waals surface area contributed by atoms with Gasteiger partial charge in [-0.05, 0) is 33.1 Å². The molecule has 1 aromatic heterocycles. The van der Waals surface area contributed by atoms with Crippen molar-refractivity contribution in [3.63, 3.8) is 0 Å². The Hall–Kier alpha value is -1.91. The minimum Gasteiger partial charge on any atom is -0.474 e. The second kappa shape index (κ2) is 7.11. The molecular formula is C18H25N3O2. The third-order valence-electron chi connectivity index (χ3n) is 4.60. The molecule has 1 fully saturated rings. The van der Waals surface area contributed by atoms with Gasteiger partial charge < -0.3 is 9.64 Å². The van der Waals surface area contributed by atoms with E-state index in [1.54, 1.807) is 0 Å². The Kier molecular flexibility index (Phi) is 4.94. The number of hydrogen-bond acceptors (Lipinski definition) is 4. The minimum atomic E-state index is 0.138. The summed E-state index contributed by atoms with van der Waals surface area (Å²) in [4.78, 5) is 23.2. The van der Waals surface area contributed by atoms with Crippen molar-refractivity contribution in [3.8, 4) is 5.88 Å². The van der Waals surface area contributed by atoms with Crippen molar-refractivity contribution in [1.29, 1.82) is 0 Å². The van der Waals surface area contributed by atoms with E-state index in [-0.39, 0.29) is 12.0 Å². The number of rotatable bonds is 3. The third-order valence-corrected chi connectivity index (χ3v) is 4.60. The molecule has 0 bridgehead atoms. The molecule has 23 heavy (non-hydrogen) atoms. The summed E-state index contributed by atoms with van der Waals surface area (Å²) in [5, 5.41) is 0. The van der Waals surface area contributed by atoms with E-state index in [2.05, 4.69) is 22.1 Å². The Morgan fingerprint density at radius 2 is 1.96 bits per heavy atom. The third kappa shape index (κ3) is 4.09. The molecule has 3 rings (SSSR count). The zero-order valence-corrected chi connectivity index (χ0v) is 14.0. The number of amides is 1. The lowest BCUT2D eigenvalue weighted by atomic mass is 9.92. The van der Waals surface area contributed by atoms with Crippen LogP contribution in [0.4, 0.5) is 0 Å². The molecule has 5 heteroatoms. The van der Waals surface area contributed by atoms with Gasteiger partial charge in [-0.3, -0.25) is 4.79 Å². The van der Waals surface area contributed by atoms with E-state index in [9.17, 15) is 4.79 Å². The fraction of sp³-hybridized carbons (Fsp3) is 0.611. The first-order valence-electron chi connectivity index (χ1n) is 8.54. The van der Waals surface area contributed by atoms with Crippen molar-refractivity contribution < 1.29 is 9.53 Å². The highest BCUT2D eigenvalue weighted by Crippen LogP contribution is 2.24. The summed E-state index contributed by atoms with van der Waals surface area (Å²) >= 11 is 0. The normalized spacial score (nSPS) is 22.2. The van der Waals surface area contributed by atoms with Crippen LogP contribution in [-0.4, -0.2) is 40.0 Å². The largest absolute Gasteiger partial charge is 0.474 e. The van der Waals surface area contributed by atoms with Gasteiger partial charge in [0.15, 0.2) is 0 Å². The fourth-order valence-corrected chi connectivity index (χ4v) is 3.38. The number of aromatic nitrogens is 2. The van der Waals surface area contributed by atoms with E-state index in [0.717, 1.165) is 56.7 Å². The molecule has 1 aromatic rings. The number of likely N-dealkylation sites (tertiary alicyclic amines) is 1. The first-order chi connectivity index (χ1) is 11.1. The van der Waals surface area contributed by atoms with Gasteiger partial charge in [0, 0.05) is 43.6 Å². The van der Waals surface area contributed by atoms with Gasteiger partial charge in [-0.1, -0.05) is 12.2 Å². The molecule has 2 aliphatic rings. The first kappa shape index (κ1) is 16.0. The summed E-state index contributed by atoms with van der Waals surface area (Å²) in [5.74, 6) is 1.89. The van der Waals surface area contributed by atoms with Crippen LogP contribution in [0.15, 0.2) is 18.2 Å². The van der Waals surface area contributed by atoms with Crippen LogP contribution in [0, 0.1) is 19.8 Å². The zero-order chi connectivity index (χ0) is 16.2. The number of piperidine rings is 1. The van der Waals surface area contributed by atoms with Crippen LogP contribution in [-0.2, 0) is 4.79 Å². The number of ether oxygens (including phenoxy) is 1. The molecule has 5 nitrogen and oxygen atoms in total. The van der Waals surface area contributed by atoms with E-state index in [1.807, 2.05) is 24.8 Å². The van der Waals surface area contributed by atoms with E-state index >= 15 is 0 Å². The van der Waals surface area contributed by atoms with E-state index < -0.39 is 0 Å². The number of nitrogens with zero attached hydrogens (tertiary/aromatic N) is 3. The molecule has 1 amide bonds. The molecule has 1 atom stereocenters. The highest BCUT2D eigenvalue weighted by molar-refractivity contribution is 5.79. The van der Waals surface area contributed by atoms with Crippen LogP contribution in [0.25, 0.3) is 0 Å². The van der Waals surface area contributed by atoms with Gasteiger partial charge in [-0.25, -0.2) is 4.98 Å². The maximum atomic E-state index is 12.5. The summed E-state index contributed by atoms with van der Waals surface area (Å²) in [5.41, 5.74) is 0.922. The number of allylic oxidation sites excluding steroid dienone is 2. The van der Waals surface area contributed by atoms with Gasteiger partial charge in [0.2, 0.25) is 11.8 Å². The van der Waals surface area contributed by atoms with Gasteiger partial charge in [0.25, 0.3) is 0 Å². The highest BCUT2D eigenvalue weighted by Gasteiger charge is 2.29. The minimum absolute atomic E-state index is 0.138. The average Bonchev–Trinajstić information content (AvgIpc) is 2.55. The molecule has 1 unspecified atom stereocenters. The lowest BCUT2D eigenvalue weighted by molar-refractivity contribution is -0.137. The molecule has 1 saturated heterocycles. The summed E-state index contributed by atoms with van der Waals surface area (Å²) in [6.07, 6.45) is 9.12. The van der Waals surface area contributed by atoms with Gasteiger partial charge in [-0.15, -0.1) is 0 Å². The average molecular weight is 315 g/mol. The summed E-state index contributed by atoms with van der Waals surface area (Å²) in [6, 6.07) is 1.87. The van der Waals surface area contributed by atoms with Crippen LogP contribution < -0.4 is 4.74 Å². The number of aryl methyl sites for hydroxylation is 2. The molecule has 0 saturated carbocycles. The van der Waals surface area contributed by atoms with Gasteiger partial charge in [-0.2, -0.15) is 4.98 Å².